The minimum absolute atomic E-state index is 0.00429. The highest BCUT2D eigenvalue weighted by Crippen LogP contribution is 2.26. The first kappa shape index (κ1) is 16.4. The third kappa shape index (κ3) is 3.72. The number of carbonyl (C=O) groups is 1. The predicted molar refractivity (Wildman–Crippen MR) is 91.0 cm³/mol. The Morgan fingerprint density at radius 2 is 1.96 bits per heavy atom. The first-order valence-electron chi connectivity index (χ1n) is 8.04. The molecule has 1 aromatic heterocycles. The lowest BCUT2D eigenvalue weighted by Gasteiger charge is -2.20. The van der Waals surface area contributed by atoms with Gasteiger partial charge < -0.3 is 10.1 Å². The second-order valence-electron chi connectivity index (χ2n) is 6.01. The third-order valence-electron chi connectivity index (χ3n) is 4.28. The van der Waals surface area contributed by atoms with E-state index in [0.717, 1.165) is 16.9 Å². The molecule has 3 N–H and O–H groups in total. The molecule has 1 aromatic carbocycles. The van der Waals surface area contributed by atoms with Gasteiger partial charge in [0.2, 0.25) is 0 Å². The summed E-state index contributed by atoms with van der Waals surface area (Å²) < 4.78 is 5.59. The van der Waals surface area contributed by atoms with Crippen LogP contribution >= 0.6 is 0 Å². The molecule has 2 aromatic rings. The van der Waals surface area contributed by atoms with Gasteiger partial charge in [0.15, 0.2) is 6.61 Å². The molecule has 1 aliphatic heterocycles. The maximum absolute atomic E-state index is 12.2. The Hall–Kier alpha value is -2.44. The number of nitrogens with one attached hydrogen (secondary N) is 3. The fourth-order valence-electron chi connectivity index (χ4n) is 2.84. The molecule has 0 radical (unpaired) electrons. The molecule has 3 atom stereocenters. The number of hydrogen-bond donors (Lipinski definition) is 3. The monoisotopic (exact) mass is 326 g/mol. The number of hydrogen-bond acceptors (Lipinski definition) is 5. The molecule has 0 saturated carbocycles. The van der Waals surface area contributed by atoms with E-state index in [0.29, 0.717) is 0 Å². The van der Waals surface area contributed by atoms with Crippen molar-refractivity contribution < 1.29 is 9.53 Å². The van der Waals surface area contributed by atoms with Gasteiger partial charge >= 0.3 is 0 Å². The Morgan fingerprint density at radius 3 is 2.71 bits per heavy atom. The van der Waals surface area contributed by atoms with Gasteiger partial charge in [-0.15, -0.1) is 0 Å². The lowest BCUT2D eigenvalue weighted by atomic mass is 9.95. The number of aryl methyl sites for hydroxylation is 1. The lowest BCUT2D eigenvalue weighted by Crippen LogP contribution is -2.47. The summed E-state index contributed by atoms with van der Waals surface area (Å²) in [6.07, 6.45) is 3.38. The summed E-state index contributed by atoms with van der Waals surface area (Å²) in [5.74, 6) is 0.766. The number of rotatable bonds is 5. The molecule has 0 aliphatic carbocycles. The van der Waals surface area contributed by atoms with Crippen LogP contribution in [-0.4, -0.2) is 23.7 Å². The summed E-state index contributed by atoms with van der Waals surface area (Å²) in [6, 6.07) is 11.7. The largest absolute Gasteiger partial charge is 0.484 e. The van der Waals surface area contributed by atoms with Crippen molar-refractivity contribution in [2.24, 2.45) is 5.92 Å². The van der Waals surface area contributed by atoms with E-state index in [4.69, 9.17) is 4.74 Å². The van der Waals surface area contributed by atoms with Crippen molar-refractivity contribution in [2.45, 2.75) is 26.1 Å². The molecular formula is C18H22N4O2. The molecule has 1 saturated heterocycles. The molecule has 1 amide bonds. The van der Waals surface area contributed by atoms with Crippen LogP contribution in [0.1, 0.15) is 24.1 Å². The van der Waals surface area contributed by atoms with E-state index in [-0.39, 0.29) is 30.6 Å². The van der Waals surface area contributed by atoms with Crippen molar-refractivity contribution in [3.05, 3.63) is 59.9 Å². The number of nitrogens with zero attached hydrogens (tertiary/aromatic N) is 1. The Balaban J connectivity index is 1.53. The van der Waals surface area contributed by atoms with E-state index >= 15 is 0 Å². The van der Waals surface area contributed by atoms with Gasteiger partial charge in [-0.2, -0.15) is 0 Å². The quantitative estimate of drug-likeness (QED) is 0.780. The van der Waals surface area contributed by atoms with Crippen molar-refractivity contribution in [2.75, 3.05) is 6.61 Å². The van der Waals surface area contributed by atoms with Crippen LogP contribution in [0.3, 0.4) is 0 Å². The van der Waals surface area contributed by atoms with E-state index in [9.17, 15) is 4.79 Å². The smallest absolute Gasteiger partial charge is 0.259 e. The second kappa shape index (κ2) is 7.42. The van der Waals surface area contributed by atoms with Crippen molar-refractivity contribution in [1.82, 2.24) is 21.2 Å². The summed E-state index contributed by atoms with van der Waals surface area (Å²) in [5.41, 5.74) is 8.51. The summed E-state index contributed by atoms with van der Waals surface area (Å²) in [5, 5.41) is 2.96. The van der Waals surface area contributed by atoms with Gasteiger partial charge in [0.1, 0.15) is 5.75 Å². The molecule has 2 heterocycles. The van der Waals surface area contributed by atoms with Gasteiger partial charge in [-0.1, -0.05) is 25.1 Å². The topological polar surface area (TPSA) is 75.3 Å². The zero-order chi connectivity index (χ0) is 16.9. The van der Waals surface area contributed by atoms with Gasteiger partial charge in [0.25, 0.3) is 5.91 Å². The normalized spacial score (nSPS) is 23.0. The molecule has 6 heteroatoms. The Labute approximate surface area is 141 Å². The fourth-order valence-corrected chi connectivity index (χ4v) is 2.84. The van der Waals surface area contributed by atoms with Crippen LogP contribution < -0.4 is 20.9 Å². The number of ether oxygens (including phenoxy) is 1. The van der Waals surface area contributed by atoms with Gasteiger partial charge in [-0.25, -0.2) is 10.9 Å². The SMILES string of the molecule is Cc1ccccc1OCC(=O)NC1NNC(c2ccncc2)C1C. The molecule has 0 bridgehead atoms. The maximum Gasteiger partial charge on any atom is 0.259 e. The number of pyridine rings is 1. The average molecular weight is 326 g/mol. The van der Waals surface area contributed by atoms with Crippen LogP contribution in [-0.2, 0) is 4.79 Å². The van der Waals surface area contributed by atoms with Crippen molar-refractivity contribution in [3.8, 4) is 5.75 Å². The zero-order valence-electron chi connectivity index (χ0n) is 13.8. The van der Waals surface area contributed by atoms with Gasteiger partial charge in [0, 0.05) is 18.3 Å². The lowest BCUT2D eigenvalue weighted by molar-refractivity contribution is -0.124. The molecule has 3 unspecified atom stereocenters. The van der Waals surface area contributed by atoms with E-state index in [1.165, 1.54) is 0 Å². The third-order valence-corrected chi connectivity index (χ3v) is 4.28. The van der Waals surface area contributed by atoms with Gasteiger partial charge in [0.05, 0.1) is 12.2 Å². The average Bonchev–Trinajstić information content (AvgIpc) is 2.96. The summed E-state index contributed by atoms with van der Waals surface area (Å²) in [7, 11) is 0. The zero-order valence-corrected chi connectivity index (χ0v) is 13.8. The van der Waals surface area contributed by atoms with Crippen LogP contribution in [0.5, 0.6) is 5.75 Å². The van der Waals surface area contributed by atoms with E-state index < -0.39 is 0 Å². The second-order valence-corrected chi connectivity index (χ2v) is 6.01. The van der Waals surface area contributed by atoms with E-state index in [2.05, 4.69) is 28.1 Å². The highest BCUT2D eigenvalue weighted by molar-refractivity contribution is 5.77. The molecule has 3 rings (SSSR count). The minimum Gasteiger partial charge on any atom is -0.484 e. The number of amides is 1. The van der Waals surface area contributed by atoms with Crippen molar-refractivity contribution >= 4 is 5.91 Å². The highest BCUT2D eigenvalue weighted by Gasteiger charge is 2.34. The fraction of sp³-hybridized carbons (Fsp3) is 0.333. The molecule has 126 valence electrons. The molecule has 1 aliphatic rings. The number of para-hydroxylation sites is 1. The molecule has 6 nitrogen and oxygen atoms in total. The van der Waals surface area contributed by atoms with Gasteiger partial charge in [-0.3, -0.25) is 9.78 Å². The maximum atomic E-state index is 12.2. The van der Waals surface area contributed by atoms with Gasteiger partial charge in [-0.05, 0) is 36.2 Å². The summed E-state index contributed by atoms with van der Waals surface area (Å²) in [4.78, 5) is 16.2. The first-order valence-corrected chi connectivity index (χ1v) is 8.04. The number of carbonyl (C=O) groups excluding carboxylic acids is 1. The predicted octanol–water partition coefficient (Wildman–Crippen LogP) is 1.70. The Bertz CT molecular complexity index is 692. The Morgan fingerprint density at radius 1 is 1.21 bits per heavy atom. The molecule has 1 fully saturated rings. The van der Waals surface area contributed by atoms with E-state index in [1.807, 2.05) is 43.3 Å². The number of benzene rings is 1. The Kier molecular flexibility index (Phi) is 5.08. The molecule has 0 spiro atoms. The van der Waals surface area contributed by atoms with Crippen LogP contribution in [0, 0.1) is 12.8 Å². The molecule has 24 heavy (non-hydrogen) atoms. The van der Waals surface area contributed by atoms with Crippen LogP contribution in [0.2, 0.25) is 0 Å². The minimum atomic E-state index is -0.156. The highest BCUT2D eigenvalue weighted by atomic mass is 16.5. The van der Waals surface area contributed by atoms with E-state index in [1.54, 1.807) is 12.4 Å². The van der Waals surface area contributed by atoms with Crippen LogP contribution in [0.4, 0.5) is 0 Å². The standard InChI is InChI=1S/C18H22N4O2/c1-12-5-3-4-6-15(12)24-11-16(23)20-18-13(2)17(21-22-18)14-7-9-19-10-8-14/h3-10,13,17-18,21-22H,11H2,1-2H3,(H,20,23). The number of aromatic nitrogens is 1. The van der Waals surface area contributed by atoms with Crippen molar-refractivity contribution in [3.63, 3.8) is 0 Å². The first-order chi connectivity index (χ1) is 11.6. The van der Waals surface area contributed by atoms with Crippen LogP contribution in [0.15, 0.2) is 48.8 Å². The molecular weight excluding hydrogens is 304 g/mol. The van der Waals surface area contributed by atoms with Crippen molar-refractivity contribution in [1.29, 1.82) is 0 Å². The number of hydrazine groups is 1. The van der Waals surface area contributed by atoms with Crippen LogP contribution in [0.25, 0.3) is 0 Å². The summed E-state index contributed by atoms with van der Waals surface area (Å²) >= 11 is 0. The summed E-state index contributed by atoms with van der Waals surface area (Å²) in [6.45, 7) is 4.04.